The van der Waals surface area contributed by atoms with Crippen LogP contribution in [0.15, 0.2) is 84.4 Å². The Morgan fingerprint density at radius 3 is 2.33 bits per heavy atom. The predicted molar refractivity (Wildman–Crippen MR) is 126 cm³/mol. The van der Waals surface area contributed by atoms with Crippen LogP contribution in [0.1, 0.15) is 35.2 Å². The summed E-state index contributed by atoms with van der Waals surface area (Å²) in [5.74, 6) is 0.223. The predicted octanol–water partition coefficient (Wildman–Crippen LogP) is 4.90. The van der Waals surface area contributed by atoms with Crippen LogP contribution >= 0.6 is 0 Å². The van der Waals surface area contributed by atoms with Crippen molar-refractivity contribution in [2.75, 3.05) is 6.61 Å². The zero-order chi connectivity index (χ0) is 23.2. The van der Waals surface area contributed by atoms with Gasteiger partial charge in [-0.1, -0.05) is 66.7 Å². The Morgan fingerprint density at radius 2 is 1.64 bits per heavy atom. The molecule has 0 saturated carbocycles. The molecule has 3 aromatic rings. The Kier molecular flexibility index (Phi) is 6.74. The van der Waals surface area contributed by atoms with Crippen molar-refractivity contribution < 1.29 is 19.1 Å². The van der Waals surface area contributed by atoms with Crippen LogP contribution in [0.25, 0.3) is 5.70 Å². The smallest absolute Gasteiger partial charge is 0.338 e. The van der Waals surface area contributed by atoms with Crippen LogP contribution in [0.2, 0.25) is 0 Å². The molecule has 0 saturated heterocycles. The molecule has 1 atom stereocenters. The molecule has 6 nitrogen and oxygen atoms in total. The van der Waals surface area contributed by atoms with Crippen molar-refractivity contribution in [1.29, 1.82) is 0 Å². The van der Waals surface area contributed by atoms with Gasteiger partial charge in [0, 0.05) is 0 Å². The van der Waals surface area contributed by atoms with Crippen LogP contribution in [-0.4, -0.2) is 18.6 Å². The first-order valence-electron chi connectivity index (χ1n) is 10.9. The summed E-state index contributed by atoms with van der Waals surface area (Å²) >= 11 is 0. The Labute approximate surface area is 193 Å². The van der Waals surface area contributed by atoms with Crippen LogP contribution in [0.3, 0.4) is 0 Å². The molecule has 0 fully saturated rings. The van der Waals surface area contributed by atoms with E-state index >= 15 is 0 Å². The maximum atomic E-state index is 12.9. The summed E-state index contributed by atoms with van der Waals surface area (Å²) in [6, 6.07) is 23.7. The van der Waals surface area contributed by atoms with Crippen molar-refractivity contribution in [2.24, 2.45) is 0 Å². The Morgan fingerprint density at radius 1 is 0.939 bits per heavy atom. The lowest BCUT2D eigenvalue weighted by molar-refractivity contribution is -0.138. The van der Waals surface area contributed by atoms with E-state index in [-0.39, 0.29) is 12.6 Å². The van der Waals surface area contributed by atoms with Gasteiger partial charge in [-0.3, -0.25) is 0 Å². The molecule has 4 rings (SSSR count). The lowest BCUT2D eigenvalue weighted by Gasteiger charge is -2.29. The number of ether oxygens (including phenoxy) is 2. The van der Waals surface area contributed by atoms with Gasteiger partial charge in [0.1, 0.15) is 12.4 Å². The summed E-state index contributed by atoms with van der Waals surface area (Å²) in [5.41, 5.74) is 4.58. The number of hydrogen-bond acceptors (Lipinski definition) is 4. The van der Waals surface area contributed by atoms with E-state index in [0.717, 1.165) is 16.7 Å². The van der Waals surface area contributed by atoms with Crippen LogP contribution in [0.4, 0.5) is 4.79 Å². The summed E-state index contributed by atoms with van der Waals surface area (Å²) in [5, 5.41) is 5.64. The second-order valence-electron chi connectivity index (χ2n) is 7.69. The van der Waals surface area contributed by atoms with Crippen molar-refractivity contribution in [3.05, 3.63) is 107 Å². The number of amides is 2. The summed E-state index contributed by atoms with van der Waals surface area (Å²) < 4.78 is 11.3. The number of aryl methyl sites for hydroxylation is 1. The highest BCUT2D eigenvalue weighted by Crippen LogP contribution is 2.32. The molecule has 168 valence electrons. The quantitative estimate of drug-likeness (QED) is 0.510. The van der Waals surface area contributed by atoms with Crippen LogP contribution < -0.4 is 15.4 Å². The fourth-order valence-electron chi connectivity index (χ4n) is 3.77. The molecule has 2 amide bonds. The topological polar surface area (TPSA) is 76.7 Å². The van der Waals surface area contributed by atoms with Crippen molar-refractivity contribution in [3.8, 4) is 5.75 Å². The first-order chi connectivity index (χ1) is 16.1. The fourth-order valence-corrected chi connectivity index (χ4v) is 3.77. The molecule has 6 heteroatoms. The van der Waals surface area contributed by atoms with Gasteiger partial charge in [-0.25, -0.2) is 9.59 Å². The summed E-state index contributed by atoms with van der Waals surface area (Å²) in [7, 11) is 0. The molecule has 1 aliphatic heterocycles. The first kappa shape index (κ1) is 22.1. The molecule has 33 heavy (non-hydrogen) atoms. The second kappa shape index (κ2) is 10.0. The van der Waals surface area contributed by atoms with E-state index in [1.807, 2.05) is 72.8 Å². The number of benzene rings is 3. The molecule has 3 aromatic carbocycles. The molecule has 0 aromatic heterocycles. The Balaban J connectivity index is 1.63. The molecule has 1 unspecified atom stereocenters. The Bertz CT molecular complexity index is 1170. The van der Waals surface area contributed by atoms with E-state index in [4.69, 9.17) is 9.47 Å². The van der Waals surface area contributed by atoms with E-state index < -0.39 is 12.0 Å². The summed E-state index contributed by atoms with van der Waals surface area (Å²) in [4.78, 5) is 25.4. The molecule has 0 bridgehead atoms. The molecular formula is C27H26N2O4. The number of esters is 1. The van der Waals surface area contributed by atoms with Gasteiger partial charge in [-0.05, 0) is 48.2 Å². The minimum atomic E-state index is -0.654. The lowest BCUT2D eigenvalue weighted by atomic mass is 9.92. The van der Waals surface area contributed by atoms with Gasteiger partial charge >= 0.3 is 12.0 Å². The van der Waals surface area contributed by atoms with Crippen LogP contribution in [-0.2, 0) is 16.1 Å². The van der Waals surface area contributed by atoms with Crippen molar-refractivity contribution in [2.45, 2.75) is 26.5 Å². The number of hydrogen-bond donors (Lipinski definition) is 2. The number of carbonyl (C=O) groups excluding carboxylic acids is 2. The van der Waals surface area contributed by atoms with E-state index in [1.165, 1.54) is 5.56 Å². The minimum absolute atomic E-state index is 0.233. The maximum absolute atomic E-state index is 12.9. The molecule has 2 N–H and O–H groups in total. The van der Waals surface area contributed by atoms with Crippen molar-refractivity contribution in [1.82, 2.24) is 10.6 Å². The van der Waals surface area contributed by atoms with Gasteiger partial charge in [-0.2, -0.15) is 0 Å². The van der Waals surface area contributed by atoms with Gasteiger partial charge in [0.15, 0.2) is 0 Å². The minimum Gasteiger partial charge on any atom is -0.489 e. The van der Waals surface area contributed by atoms with Gasteiger partial charge in [0.2, 0.25) is 0 Å². The third kappa shape index (κ3) is 5.06. The molecular weight excluding hydrogens is 416 g/mol. The molecule has 0 spiro atoms. The number of nitrogens with one attached hydrogen (secondary N) is 2. The highest BCUT2D eigenvalue weighted by atomic mass is 16.5. The number of rotatable bonds is 7. The Hall–Kier alpha value is -4.06. The maximum Gasteiger partial charge on any atom is 0.338 e. The van der Waals surface area contributed by atoms with Crippen molar-refractivity contribution in [3.63, 3.8) is 0 Å². The van der Waals surface area contributed by atoms with Crippen LogP contribution in [0.5, 0.6) is 5.75 Å². The third-order valence-corrected chi connectivity index (χ3v) is 5.50. The van der Waals surface area contributed by atoms with E-state index in [9.17, 15) is 9.59 Å². The van der Waals surface area contributed by atoms with Gasteiger partial charge < -0.3 is 20.1 Å². The average Bonchev–Trinajstić information content (AvgIpc) is 2.84. The van der Waals surface area contributed by atoms with Crippen LogP contribution in [0, 0.1) is 6.92 Å². The molecule has 0 radical (unpaired) electrons. The van der Waals surface area contributed by atoms with Gasteiger partial charge in [0.25, 0.3) is 0 Å². The molecule has 1 aliphatic rings. The monoisotopic (exact) mass is 442 g/mol. The normalized spacial score (nSPS) is 15.5. The largest absolute Gasteiger partial charge is 0.489 e. The third-order valence-electron chi connectivity index (χ3n) is 5.50. The first-order valence-corrected chi connectivity index (χ1v) is 10.9. The highest BCUT2D eigenvalue weighted by molar-refractivity contribution is 6.04. The zero-order valence-corrected chi connectivity index (χ0v) is 18.6. The average molecular weight is 443 g/mol. The van der Waals surface area contributed by atoms with Gasteiger partial charge in [0.05, 0.1) is 23.9 Å². The second-order valence-corrected chi connectivity index (χ2v) is 7.69. The van der Waals surface area contributed by atoms with E-state index in [1.54, 1.807) is 6.92 Å². The zero-order valence-electron chi connectivity index (χ0n) is 18.6. The molecule has 1 heterocycles. The van der Waals surface area contributed by atoms with Gasteiger partial charge in [-0.15, -0.1) is 0 Å². The molecule has 0 aliphatic carbocycles. The lowest BCUT2D eigenvalue weighted by Crippen LogP contribution is -2.45. The van der Waals surface area contributed by atoms with E-state index in [2.05, 4.69) is 23.6 Å². The summed E-state index contributed by atoms with van der Waals surface area (Å²) in [6.45, 7) is 4.50. The van der Waals surface area contributed by atoms with E-state index in [0.29, 0.717) is 23.6 Å². The number of urea groups is 1. The highest BCUT2D eigenvalue weighted by Gasteiger charge is 2.34. The SMILES string of the molecule is CCOC(=O)C1=C(c2ccccc2)NC(=O)NC1c1ccc(OCc2ccccc2C)cc1. The summed E-state index contributed by atoms with van der Waals surface area (Å²) in [6.07, 6.45) is 0. The fraction of sp³-hybridized carbons (Fsp3) is 0.185. The number of carbonyl (C=O) groups is 2. The van der Waals surface area contributed by atoms with Crippen molar-refractivity contribution >= 4 is 17.7 Å². The standard InChI is InChI=1S/C27H26N2O4/c1-3-32-26(30)23-24(19-10-5-4-6-11-19)28-27(31)29-25(23)20-13-15-22(16-14-20)33-17-21-12-8-7-9-18(21)2/h4-16,25H,3,17H2,1-2H3,(H2,28,29,31).